The molecule has 1 atom stereocenters. The van der Waals surface area contributed by atoms with Crippen LogP contribution in [0.1, 0.15) is 12.8 Å². The van der Waals surface area contributed by atoms with Crippen molar-refractivity contribution in [2.45, 2.75) is 25.0 Å². The van der Waals surface area contributed by atoms with Gasteiger partial charge in [-0.2, -0.15) is 0 Å². The van der Waals surface area contributed by atoms with Gasteiger partial charge >= 0.3 is 0 Å². The third kappa shape index (κ3) is 4.11. The topological polar surface area (TPSA) is 68.8 Å². The van der Waals surface area contributed by atoms with Crippen LogP contribution in [-0.4, -0.2) is 51.0 Å². The number of hydrogen-bond donors (Lipinski definition) is 2. The molecule has 6 heteroatoms. The summed E-state index contributed by atoms with van der Waals surface area (Å²) in [5.41, 5.74) is 0. The number of benzene rings is 1. The van der Waals surface area contributed by atoms with Gasteiger partial charge in [0, 0.05) is 0 Å². The SMILES string of the molecule is O=C(COC1CCNCC1)NCC1COc2ccccc2O1. The van der Waals surface area contributed by atoms with Crippen molar-refractivity contribution < 1.29 is 19.0 Å². The second-order valence-electron chi connectivity index (χ2n) is 5.56. The molecule has 2 aliphatic heterocycles. The molecule has 1 saturated heterocycles. The minimum atomic E-state index is -0.169. The predicted molar refractivity (Wildman–Crippen MR) is 81.2 cm³/mol. The van der Waals surface area contributed by atoms with Crippen LogP contribution in [0.5, 0.6) is 11.5 Å². The summed E-state index contributed by atoms with van der Waals surface area (Å²) >= 11 is 0. The minimum absolute atomic E-state index is 0.106. The first-order valence-electron chi connectivity index (χ1n) is 7.79. The summed E-state index contributed by atoms with van der Waals surface area (Å²) in [6, 6.07) is 7.54. The van der Waals surface area contributed by atoms with E-state index in [0.29, 0.717) is 13.2 Å². The average molecular weight is 306 g/mol. The van der Waals surface area contributed by atoms with Crippen molar-refractivity contribution in [2.75, 3.05) is 32.8 Å². The number of piperidine rings is 1. The molecule has 120 valence electrons. The summed E-state index contributed by atoms with van der Waals surface area (Å²) in [6.45, 7) is 2.88. The first-order chi connectivity index (χ1) is 10.8. The number of nitrogens with one attached hydrogen (secondary N) is 2. The molecule has 1 aromatic rings. The molecule has 0 radical (unpaired) electrons. The van der Waals surface area contributed by atoms with Gasteiger partial charge in [-0.3, -0.25) is 4.79 Å². The number of rotatable bonds is 5. The van der Waals surface area contributed by atoms with Gasteiger partial charge in [0.1, 0.15) is 19.3 Å². The molecule has 2 N–H and O–H groups in total. The van der Waals surface area contributed by atoms with Gasteiger partial charge in [0.25, 0.3) is 0 Å². The smallest absolute Gasteiger partial charge is 0.246 e. The first-order valence-corrected chi connectivity index (χ1v) is 7.79. The van der Waals surface area contributed by atoms with E-state index < -0.39 is 0 Å². The Morgan fingerprint density at radius 2 is 2.05 bits per heavy atom. The molecule has 0 spiro atoms. The Labute approximate surface area is 130 Å². The molecule has 2 aliphatic rings. The maximum atomic E-state index is 11.8. The summed E-state index contributed by atoms with van der Waals surface area (Å²) in [7, 11) is 0. The van der Waals surface area contributed by atoms with Crippen molar-refractivity contribution in [3.8, 4) is 11.5 Å². The van der Waals surface area contributed by atoms with Gasteiger partial charge in [0.05, 0.1) is 12.6 Å². The summed E-state index contributed by atoms with van der Waals surface area (Å²) in [5, 5.41) is 6.11. The summed E-state index contributed by atoms with van der Waals surface area (Å²) in [5.74, 6) is 1.36. The van der Waals surface area contributed by atoms with E-state index in [2.05, 4.69) is 10.6 Å². The molecule has 1 unspecified atom stereocenters. The van der Waals surface area contributed by atoms with E-state index in [1.165, 1.54) is 0 Å². The van der Waals surface area contributed by atoms with Crippen molar-refractivity contribution in [3.63, 3.8) is 0 Å². The van der Waals surface area contributed by atoms with Crippen LogP contribution in [0.15, 0.2) is 24.3 Å². The number of hydrogen-bond acceptors (Lipinski definition) is 5. The third-order valence-electron chi connectivity index (χ3n) is 3.83. The highest BCUT2D eigenvalue weighted by atomic mass is 16.6. The van der Waals surface area contributed by atoms with Crippen molar-refractivity contribution in [3.05, 3.63) is 24.3 Å². The Morgan fingerprint density at radius 1 is 1.27 bits per heavy atom. The molecule has 0 saturated carbocycles. The molecule has 1 amide bonds. The van der Waals surface area contributed by atoms with Crippen molar-refractivity contribution in [1.29, 1.82) is 0 Å². The quantitative estimate of drug-likeness (QED) is 0.838. The van der Waals surface area contributed by atoms with Gasteiger partial charge in [-0.1, -0.05) is 12.1 Å². The maximum Gasteiger partial charge on any atom is 0.246 e. The van der Waals surface area contributed by atoms with Crippen molar-refractivity contribution >= 4 is 5.91 Å². The van der Waals surface area contributed by atoms with Crippen LogP contribution in [0.2, 0.25) is 0 Å². The van der Waals surface area contributed by atoms with Gasteiger partial charge in [-0.15, -0.1) is 0 Å². The molecule has 0 aliphatic carbocycles. The maximum absolute atomic E-state index is 11.8. The number of fused-ring (bicyclic) bond motifs is 1. The van der Waals surface area contributed by atoms with Crippen LogP contribution >= 0.6 is 0 Å². The molecule has 22 heavy (non-hydrogen) atoms. The largest absolute Gasteiger partial charge is 0.486 e. The van der Waals surface area contributed by atoms with E-state index in [1.807, 2.05) is 24.3 Å². The molecular formula is C16H22N2O4. The van der Waals surface area contributed by atoms with Gasteiger partial charge in [0.2, 0.25) is 5.91 Å². The summed E-state index contributed by atoms with van der Waals surface area (Å²) in [6.07, 6.45) is 1.94. The van der Waals surface area contributed by atoms with Crippen molar-refractivity contribution in [2.24, 2.45) is 0 Å². The second-order valence-corrected chi connectivity index (χ2v) is 5.56. The Morgan fingerprint density at radius 3 is 2.86 bits per heavy atom. The van der Waals surface area contributed by atoms with E-state index in [9.17, 15) is 4.79 Å². The minimum Gasteiger partial charge on any atom is -0.486 e. The average Bonchev–Trinajstić information content (AvgIpc) is 2.59. The molecule has 0 aromatic heterocycles. The lowest BCUT2D eigenvalue weighted by Gasteiger charge is -2.26. The Kier molecular flexibility index (Phi) is 5.13. The normalized spacial score (nSPS) is 21.4. The number of ether oxygens (including phenoxy) is 3. The van der Waals surface area contributed by atoms with Gasteiger partial charge in [-0.05, 0) is 38.1 Å². The zero-order chi connectivity index (χ0) is 15.2. The highest BCUT2D eigenvalue weighted by Gasteiger charge is 2.21. The van der Waals surface area contributed by atoms with E-state index in [1.54, 1.807) is 0 Å². The molecule has 2 heterocycles. The van der Waals surface area contributed by atoms with Crippen LogP contribution in [0.25, 0.3) is 0 Å². The fourth-order valence-electron chi connectivity index (χ4n) is 2.60. The van der Waals surface area contributed by atoms with Gasteiger partial charge in [-0.25, -0.2) is 0 Å². The fraction of sp³-hybridized carbons (Fsp3) is 0.562. The van der Waals surface area contributed by atoms with E-state index in [0.717, 1.165) is 37.4 Å². The van der Waals surface area contributed by atoms with Crippen LogP contribution < -0.4 is 20.1 Å². The van der Waals surface area contributed by atoms with Crippen LogP contribution in [0.4, 0.5) is 0 Å². The number of carbonyl (C=O) groups excluding carboxylic acids is 1. The second kappa shape index (κ2) is 7.47. The predicted octanol–water partition coefficient (Wildman–Crippen LogP) is 0.711. The van der Waals surface area contributed by atoms with Crippen LogP contribution in [-0.2, 0) is 9.53 Å². The lowest BCUT2D eigenvalue weighted by atomic mass is 10.1. The van der Waals surface area contributed by atoms with E-state index >= 15 is 0 Å². The third-order valence-corrected chi connectivity index (χ3v) is 3.83. The highest BCUT2D eigenvalue weighted by Crippen LogP contribution is 2.30. The van der Waals surface area contributed by atoms with Gasteiger partial charge in [0.15, 0.2) is 11.5 Å². The van der Waals surface area contributed by atoms with Crippen LogP contribution in [0.3, 0.4) is 0 Å². The lowest BCUT2D eigenvalue weighted by Crippen LogP contribution is -2.42. The van der Waals surface area contributed by atoms with Crippen LogP contribution in [0, 0.1) is 0 Å². The van der Waals surface area contributed by atoms with E-state index in [-0.39, 0.29) is 24.7 Å². The monoisotopic (exact) mass is 306 g/mol. The molecule has 1 fully saturated rings. The molecule has 1 aromatic carbocycles. The number of amides is 1. The van der Waals surface area contributed by atoms with E-state index in [4.69, 9.17) is 14.2 Å². The Bertz CT molecular complexity index is 503. The Balaban J connectivity index is 1.37. The molecular weight excluding hydrogens is 284 g/mol. The molecule has 0 bridgehead atoms. The van der Waals surface area contributed by atoms with Crippen molar-refractivity contribution in [1.82, 2.24) is 10.6 Å². The lowest BCUT2D eigenvalue weighted by molar-refractivity contribution is -0.128. The highest BCUT2D eigenvalue weighted by molar-refractivity contribution is 5.77. The first kappa shape index (κ1) is 15.1. The standard InChI is InChI=1S/C16H22N2O4/c19-16(11-20-12-5-7-17-8-6-12)18-9-13-10-21-14-3-1-2-4-15(14)22-13/h1-4,12-13,17H,5-11H2,(H,18,19). The summed E-state index contributed by atoms with van der Waals surface area (Å²) < 4.78 is 17.0. The summed E-state index contributed by atoms with van der Waals surface area (Å²) in [4.78, 5) is 11.8. The fourth-order valence-corrected chi connectivity index (χ4v) is 2.60. The zero-order valence-corrected chi connectivity index (χ0v) is 12.5. The number of para-hydroxylation sites is 2. The molecule has 3 rings (SSSR count). The molecule has 6 nitrogen and oxygen atoms in total. The van der Waals surface area contributed by atoms with Gasteiger partial charge < -0.3 is 24.8 Å². The Hall–Kier alpha value is -1.79. The number of carbonyl (C=O) groups is 1. The zero-order valence-electron chi connectivity index (χ0n) is 12.5.